The molecule has 0 bridgehead atoms. The molecule has 2 rings (SSSR count). The van der Waals surface area contributed by atoms with Gasteiger partial charge < -0.3 is 0 Å². The fraction of sp³-hybridized carbons (Fsp3) is 0.333. The van der Waals surface area contributed by atoms with E-state index in [1.54, 1.807) is 0 Å². The lowest BCUT2D eigenvalue weighted by Gasteiger charge is -2.08. The molecule has 0 amide bonds. The lowest BCUT2D eigenvalue weighted by Crippen LogP contribution is -2.11. The summed E-state index contributed by atoms with van der Waals surface area (Å²) in [6.07, 6.45) is 1.49. The van der Waals surface area contributed by atoms with Crippen LogP contribution in [-0.4, -0.2) is 14.2 Å². The number of rotatable bonds is 6. The van der Waals surface area contributed by atoms with Crippen molar-refractivity contribution >= 4 is 9.84 Å². The summed E-state index contributed by atoms with van der Waals surface area (Å²) in [6.45, 7) is 3.96. The largest absolute Gasteiger partial charge is 0.228 e. The number of hydrogen-bond acceptors (Lipinski definition) is 2. The van der Waals surface area contributed by atoms with Gasteiger partial charge in [-0.3, -0.25) is 0 Å². The fourth-order valence-electron chi connectivity index (χ4n) is 2.41. The Balaban J connectivity index is 1.94. The van der Waals surface area contributed by atoms with Crippen molar-refractivity contribution in [3.05, 3.63) is 70.8 Å². The molecule has 21 heavy (non-hydrogen) atoms. The number of aryl methyl sites for hydroxylation is 3. The van der Waals surface area contributed by atoms with Gasteiger partial charge in [0, 0.05) is 0 Å². The van der Waals surface area contributed by atoms with Crippen LogP contribution in [0.4, 0.5) is 0 Å². The zero-order valence-corrected chi connectivity index (χ0v) is 13.5. The lowest BCUT2D eigenvalue weighted by atomic mass is 10.1. The summed E-state index contributed by atoms with van der Waals surface area (Å²) in [6, 6.07) is 16.0. The van der Waals surface area contributed by atoms with Gasteiger partial charge in [0.15, 0.2) is 9.84 Å². The van der Waals surface area contributed by atoms with Crippen LogP contribution in [0, 0.1) is 13.8 Å². The molecule has 112 valence electrons. The highest BCUT2D eigenvalue weighted by atomic mass is 32.2. The Kier molecular flexibility index (Phi) is 5.18. The highest BCUT2D eigenvalue weighted by Crippen LogP contribution is 2.15. The van der Waals surface area contributed by atoms with Crippen LogP contribution >= 0.6 is 0 Å². The molecule has 0 N–H and O–H groups in total. The van der Waals surface area contributed by atoms with Gasteiger partial charge in [0.2, 0.25) is 0 Å². The van der Waals surface area contributed by atoms with Gasteiger partial charge in [0.1, 0.15) is 0 Å². The SMILES string of the molecule is Cc1ccc(C)c(CS(=O)(=O)CCCc2ccccc2)c1. The third-order valence-electron chi connectivity index (χ3n) is 3.64. The van der Waals surface area contributed by atoms with Gasteiger partial charge in [-0.15, -0.1) is 0 Å². The molecule has 0 unspecified atom stereocenters. The summed E-state index contributed by atoms with van der Waals surface area (Å²) in [5, 5.41) is 0. The number of hydrogen-bond donors (Lipinski definition) is 0. The van der Waals surface area contributed by atoms with Crippen molar-refractivity contribution in [1.29, 1.82) is 0 Å². The topological polar surface area (TPSA) is 34.1 Å². The minimum Gasteiger partial charge on any atom is -0.228 e. The summed E-state index contributed by atoms with van der Waals surface area (Å²) in [4.78, 5) is 0. The van der Waals surface area contributed by atoms with Gasteiger partial charge in [-0.05, 0) is 43.4 Å². The summed E-state index contributed by atoms with van der Waals surface area (Å²) >= 11 is 0. The molecule has 0 heterocycles. The van der Waals surface area contributed by atoms with Crippen LogP contribution in [0.25, 0.3) is 0 Å². The van der Waals surface area contributed by atoms with E-state index in [0.29, 0.717) is 6.42 Å². The van der Waals surface area contributed by atoms with Crippen molar-refractivity contribution in [3.63, 3.8) is 0 Å². The maximum absolute atomic E-state index is 12.3. The van der Waals surface area contributed by atoms with Crippen LogP contribution in [0.1, 0.15) is 28.7 Å². The Morgan fingerprint density at radius 3 is 2.38 bits per heavy atom. The van der Waals surface area contributed by atoms with Gasteiger partial charge in [-0.25, -0.2) is 8.42 Å². The van der Waals surface area contributed by atoms with E-state index in [-0.39, 0.29) is 11.5 Å². The normalized spacial score (nSPS) is 11.5. The smallest absolute Gasteiger partial charge is 0.154 e. The minimum absolute atomic E-state index is 0.148. The standard InChI is InChI=1S/C18H22O2S/c1-15-10-11-16(2)18(13-15)14-21(19,20)12-6-9-17-7-4-3-5-8-17/h3-5,7-8,10-11,13H,6,9,12,14H2,1-2H3. The van der Waals surface area contributed by atoms with Crippen molar-refractivity contribution in [2.75, 3.05) is 5.75 Å². The van der Waals surface area contributed by atoms with Gasteiger partial charge in [0.25, 0.3) is 0 Å². The minimum atomic E-state index is -3.04. The molecule has 0 aliphatic rings. The van der Waals surface area contributed by atoms with Crippen LogP contribution < -0.4 is 0 Å². The second-order valence-electron chi connectivity index (χ2n) is 5.61. The molecular formula is C18H22O2S. The van der Waals surface area contributed by atoms with Gasteiger partial charge in [-0.2, -0.15) is 0 Å². The maximum Gasteiger partial charge on any atom is 0.154 e. The Hall–Kier alpha value is -1.61. The molecule has 0 saturated heterocycles. The Morgan fingerprint density at radius 2 is 1.67 bits per heavy atom. The van der Waals surface area contributed by atoms with E-state index >= 15 is 0 Å². The first-order chi connectivity index (χ1) is 9.96. The van der Waals surface area contributed by atoms with E-state index < -0.39 is 9.84 Å². The van der Waals surface area contributed by atoms with Gasteiger partial charge >= 0.3 is 0 Å². The zero-order valence-electron chi connectivity index (χ0n) is 12.7. The Labute approximate surface area is 127 Å². The average molecular weight is 302 g/mol. The maximum atomic E-state index is 12.3. The predicted octanol–water partition coefficient (Wildman–Crippen LogP) is 3.85. The van der Waals surface area contributed by atoms with Crippen LogP contribution in [0.15, 0.2) is 48.5 Å². The van der Waals surface area contributed by atoms with E-state index in [1.807, 2.05) is 62.4 Å². The quantitative estimate of drug-likeness (QED) is 0.812. The molecule has 2 aromatic rings. The number of benzene rings is 2. The van der Waals surface area contributed by atoms with E-state index in [2.05, 4.69) is 0 Å². The van der Waals surface area contributed by atoms with Crippen molar-refractivity contribution < 1.29 is 8.42 Å². The summed E-state index contributed by atoms with van der Waals surface area (Å²) in [5.74, 6) is 0.393. The van der Waals surface area contributed by atoms with Crippen LogP contribution in [0.2, 0.25) is 0 Å². The highest BCUT2D eigenvalue weighted by Gasteiger charge is 2.13. The van der Waals surface area contributed by atoms with E-state index in [1.165, 1.54) is 5.56 Å². The van der Waals surface area contributed by atoms with Crippen molar-refractivity contribution in [3.8, 4) is 0 Å². The molecule has 2 aromatic carbocycles. The molecule has 2 nitrogen and oxygen atoms in total. The Morgan fingerprint density at radius 1 is 0.952 bits per heavy atom. The van der Waals surface area contributed by atoms with Crippen LogP contribution in [-0.2, 0) is 22.0 Å². The molecule has 0 aromatic heterocycles. The first-order valence-corrected chi connectivity index (χ1v) is 9.09. The van der Waals surface area contributed by atoms with Gasteiger partial charge in [0.05, 0.1) is 11.5 Å². The molecule has 3 heteroatoms. The molecule has 0 saturated carbocycles. The van der Waals surface area contributed by atoms with Crippen LogP contribution in [0.3, 0.4) is 0 Å². The lowest BCUT2D eigenvalue weighted by molar-refractivity contribution is 0.592. The monoisotopic (exact) mass is 302 g/mol. The van der Waals surface area contributed by atoms with Crippen molar-refractivity contribution in [2.24, 2.45) is 0 Å². The molecule has 0 atom stereocenters. The first-order valence-electron chi connectivity index (χ1n) is 7.27. The highest BCUT2D eigenvalue weighted by molar-refractivity contribution is 7.90. The average Bonchev–Trinajstić information content (AvgIpc) is 2.43. The van der Waals surface area contributed by atoms with E-state index in [9.17, 15) is 8.42 Å². The van der Waals surface area contributed by atoms with Crippen LogP contribution in [0.5, 0.6) is 0 Å². The number of sulfone groups is 1. The molecule has 0 spiro atoms. The fourth-order valence-corrected chi connectivity index (χ4v) is 3.92. The van der Waals surface area contributed by atoms with E-state index in [0.717, 1.165) is 23.1 Å². The Bertz CT molecular complexity index is 688. The molecule has 0 fully saturated rings. The van der Waals surface area contributed by atoms with Gasteiger partial charge in [-0.1, -0.05) is 54.1 Å². The third-order valence-corrected chi connectivity index (χ3v) is 5.31. The molecular weight excluding hydrogens is 280 g/mol. The molecule has 0 radical (unpaired) electrons. The third kappa shape index (κ3) is 5.01. The summed E-state index contributed by atoms with van der Waals surface area (Å²) < 4.78 is 24.5. The van der Waals surface area contributed by atoms with Crippen molar-refractivity contribution in [2.45, 2.75) is 32.4 Å². The molecule has 0 aliphatic heterocycles. The van der Waals surface area contributed by atoms with E-state index in [4.69, 9.17) is 0 Å². The summed E-state index contributed by atoms with van der Waals surface area (Å²) in [7, 11) is -3.04. The second kappa shape index (κ2) is 6.90. The van der Waals surface area contributed by atoms with Crippen molar-refractivity contribution in [1.82, 2.24) is 0 Å². The summed E-state index contributed by atoms with van der Waals surface area (Å²) in [5.41, 5.74) is 4.27. The second-order valence-corrected chi connectivity index (χ2v) is 7.80. The first kappa shape index (κ1) is 15.8. The predicted molar refractivity (Wildman–Crippen MR) is 88.2 cm³/mol. The molecule has 0 aliphatic carbocycles. The zero-order chi connectivity index (χ0) is 15.3.